The van der Waals surface area contributed by atoms with Gasteiger partial charge in [-0.3, -0.25) is 10.8 Å². The Morgan fingerprint density at radius 3 is 2.14 bits per heavy atom. The van der Waals surface area contributed by atoms with E-state index in [4.69, 9.17) is 10.8 Å². The van der Waals surface area contributed by atoms with E-state index in [1.54, 1.807) is 6.08 Å². The molecule has 0 radical (unpaired) electrons. The summed E-state index contributed by atoms with van der Waals surface area (Å²) >= 11 is 0. The molecule has 1 aliphatic carbocycles. The standard InChI is InChI=1S/C34H21N3/c35-29-15-11-21-9-10-24-17-25(13-14-27(24)32(21)34(29)36)37-30-16-12-20-5-3-4-8-26(20)33(30)28-18-22-6-1-2-7-23(22)19-31(28)37/h1-19,35-36H. The van der Waals surface area contributed by atoms with Gasteiger partial charge in [0.25, 0.3) is 0 Å². The molecule has 0 amide bonds. The minimum Gasteiger partial charge on any atom is -0.309 e. The number of aromatic nitrogens is 1. The van der Waals surface area contributed by atoms with Crippen molar-refractivity contribution in [2.24, 2.45) is 0 Å². The molecule has 37 heavy (non-hydrogen) atoms. The summed E-state index contributed by atoms with van der Waals surface area (Å²) in [6, 6.07) is 36.9. The van der Waals surface area contributed by atoms with E-state index in [1.165, 1.54) is 43.4 Å². The molecule has 7 aromatic rings. The van der Waals surface area contributed by atoms with Crippen molar-refractivity contribution in [3.05, 3.63) is 120 Å². The van der Waals surface area contributed by atoms with E-state index in [0.29, 0.717) is 0 Å². The van der Waals surface area contributed by atoms with Crippen LogP contribution in [0.3, 0.4) is 0 Å². The van der Waals surface area contributed by atoms with Gasteiger partial charge in [-0.25, -0.2) is 0 Å². The molecule has 8 rings (SSSR count). The highest BCUT2D eigenvalue weighted by atomic mass is 15.0. The summed E-state index contributed by atoms with van der Waals surface area (Å²) in [6.45, 7) is 0. The lowest BCUT2D eigenvalue weighted by atomic mass is 9.89. The van der Waals surface area contributed by atoms with E-state index in [-0.39, 0.29) is 11.4 Å². The van der Waals surface area contributed by atoms with Gasteiger partial charge in [-0.2, -0.15) is 0 Å². The van der Waals surface area contributed by atoms with E-state index < -0.39 is 0 Å². The van der Waals surface area contributed by atoms with E-state index in [1.807, 2.05) is 6.08 Å². The molecule has 1 aliphatic rings. The number of fused-ring (bicyclic) bond motifs is 9. The molecule has 1 heterocycles. The quantitative estimate of drug-likeness (QED) is 0.241. The van der Waals surface area contributed by atoms with Crippen molar-refractivity contribution < 1.29 is 0 Å². The number of hydrogen-bond donors (Lipinski definition) is 2. The Hall–Kier alpha value is -5.02. The van der Waals surface area contributed by atoms with Gasteiger partial charge in [-0.15, -0.1) is 0 Å². The maximum absolute atomic E-state index is 8.54. The van der Waals surface area contributed by atoms with Gasteiger partial charge in [0.1, 0.15) is 0 Å². The Labute approximate surface area is 212 Å². The Balaban J connectivity index is 1.50. The van der Waals surface area contributed by atoms with Gasteiger partial charge in [-0.05, 0) is 74.3 Å². The van der Waals surface area contributed by atoms with Crippen molar-refractivity contribution in [1.82, 2.24) is 4.57 Å². The predicted molar refractivity (Wildman–Crippen MR) is 157 cm³/mol. The molecule has 0 spiro atoms. The molecule has 6 aromatic carbocycles. The molecular formula is C34H21N3. The molecule has 0 atom stereocenters. The SMILES string of the molecule is N=C1C=Cc2ccc3cc(-n4c5cc6ccccc6cc5c5c6ccccc6ccc54)ccc3c2C1=N. The van der Waals surface area contributed by atoms with Crippen molar-refractivity contribution in [2.45, 2.75) is 0 Å². The summed E-state index contributed by atoms with van der Waals surface area (Å²) in [5.74, 6) is 0. The van der Waals surface area contributed by atoms with Crippen LogP contribution in [0.5, 0.6) is 0 Å². The number of allylic oxidation sites excluding steroid dienone is 1. The zero-order valence-electron chi connectivity index (χ0n) is 19.9. The number of hydrogen-bond acceptors (Lipinski definition) is 2. The van der Waals surface area contributed by atoms with E-state index >= 15 is 0 Å². The van der Waals surface area contributed by atoms with Gasteiger partial charge in [0.15, 0.2) is 0 Å². The molecule has 1 aromatic heterocycles. The third-order valence-electron chi connectivity index (χ3n) is 7.76. The second kappa shape index (κ2) is 7.25. The summed E-state index contributed by atoms with van der Waals surface area (Å²) in [7, 11) is 0. The highest BCUT2D eigenvalue weighted by Crippen LogP contribution is 2.39. The lowest BCUT2D eigenvalue weighted by molar-refractivity contribution is 1.19. The predicted octanol–water partition coefficient (Wildman–Crippen LogP) is 8.66. The highest BCUT2D eigenvalue weighted by molar-refractivity contribution is 6.53. The van der Waals surface area contributed by atoms with Gasteiger partial charge in [0, 0.05) is 22.0 Å². The maximum atomic E-state index is 8.54. The zero-order valence-corrected chi connectivity index (χ0v) is 19.9. The number of rotatable bonds is 1. The summed E-state index contributed by atoms with van der Waals surface area (Å²) in [5.41, 5.74) is 5.83. The monoisotopic (exact) mass is 471 g/mol. The summed E-state index contributed by atoms with van der Waals surface area (Å²) < 4.78 is 2.37. The molecule has 0 saturated heterocycles. The zero-order chi connectivity index (χ0) is 24.7. The number of nitrogens with one attached hydrogen (secondary N) is 2. The topological polar surface area (TPSA) is 52.6 Å². The Bertz CT molecular complexity index is 2180. The fourth-order valence-electron chi connectivity index (χ4n) is 6.03. The fraction of sp³-hybridized carbons (Fsp3) is 0. The molecular weight excluding hydrogens is 450 g/mol. The number of nitrogens with zero attached hydrogens (tertiary/aromatic N) is 1. The third-order valence-corrected chi connectivity index (χ3v) is 7.76. The van der Waals surface area contributed by atoms with Crippen LogP contribution in [-0.4, -0.2) is 16.0 Å². The van der Waals surface area contributed by atoms with Gasteiger partial charge in [-0.1, -0.05) is 78.9 Å². The Kier molecular flexibility index (Phi) is 3.96. The molecule has 0 bridgehead atoms. The minimum absolute atomic E-state index is 0.255. The van der Waals surface area contributed by atoms with Crippen molar-refractivity contribution in [3.8, 4) is 5.69 Å². The first-order valence-corrected chi connectivity index (χ1v) is 12.5. The highest BCUT2D eigenvalue weighted by Gasteiger charge is 2.19. The Morgan fingerprint density at radius 2 is 1.27 bits per heavy atom. The molecule has 2 N–H and O–H groups in total. The maximum Gasteiger partial charge on any atom is 0.0873 e. The minimum atomic E-state index is 0.255. The second-order valence-electron chi connectivity index (χ2n) is 9.79. The summed E-state index contributed by atoms with van der Waals surface area (Å²) in [5, 5.41) is 26.2. The van der Waals surface area contributed by atoms with E-state index in [0.717, 1.165) is 27.6 Å². The van der Waals surface area contributed by atoms with Crippen LogP contribution < -0.4 is 0 Å². The molecule has 172 valence electrons. The molecule has 0 saturated carbocycles. The lowest BCUT2D eigenvalue weighted by Gasteiger charge is -2.17. The van der Waals surface area contributed by atoms with Crippen LogP contribution >= 0.6 is 0 Å². The largest absolute Gasteiger partial charge is 0.309 e. The van der Waals surface area contributed by atoms with Crippen molar-refractivity contribution in [1.29, 1.82) is 10.8 Å². The van der Waals surface area contributed by atoms with Crippen LogP contribution in [0.15, 0.2) is 109 Å². The summed E-state index contributed by atoms with van der Waals surface area (Å²) in [4.78, 5) is 0. The molecule has 0 aliphatic heterocycles. The first kappa shape index (κ1) is 20.2. The van der Waals surface area contributed by atoms with Crippen LogP contribution in [-0.2, 0) is 0 Å². The first-order valence-electron chi connectivity index (χ1n) is 12.5. The van der Waals surface area contributed by atoms with E-state index in [2.05, 4.69) is 108 Å². The summed E-state index contributed by atoms with van der Waals surface area (Å²) in [6.07, 6.45) is 3.64. The molecule has 3 nitrogen and oxygen atoms in total. The van der Waals surface area contributed by atoms with Crippen molar-refractivity contribution in [2.75, 3.05) is 0 Å². The second-order valence-corrected chi connectivity index (χ2v) is 9.79. The van der Waals surface area contributed by atoms with Crippen molar-refractivity contribution >= 4 is 71.6 Å². The fourth-order valence-corrected chi connectivity index (χ4v) is 6.03. The molecule has 0 fully saturated rings. The van der Waals surface area contributed by atoms with Gasteiger partial charge in [0.2, 0.25) is 0 Å². The third kappa shape index (κ3) is 2.77. The smallest absolute Gasteiger partial charge is 0.0873 e. The molecule has 3 heteroatoms. The lowest BCUT2D eigenvalue weighted by Crippen LogP contribution is -2.16. The van der Waals surface area contributed by atoms with Crippen molar-refractivity contribution in [3.63, 3.8) is 0 Å². The van der Waals surface area contributed by atoms with E-state index in [9.17, 15) is 0 Å². The number of benzene rings is 6. The van der Waals surface area contributed by atoms with Gasteiger partial charge < -0.3 is 4.57 Å². The normalized spacial score (nSPS) is 13.4. The van der Waals surface area contributed by atoms with Crippen LogP contribution in [0, 0.1) is 10.8 Å². The van der Waals surface area contributed by atoms with Crippen LogP contribution in [0.2, 0.25) is 0 Å². The van der Waals surface area contributed by atoms with Crippen LogP contribution in [0.1, 0.15) is 11.1 Å². The Morgan fingerprint density at radius 1 is 0.514 bits per heavy atom. The average Bonchev–Trinajstić information content (AvgIpc) is 3.26. The first-order chi connectivity index (χ1) is 18.2. The molecule has 0 unspecified atom stereocenters. The van der Waals surface area contributed by atoms with Gasteiger partial charge in [0.05, 0.1) is 22.5 Å². The van der Waals surface area contributed by atoms with Gasteiger partial charge >= 0.3 is 0 Å². The van der Waals surface area contributed by atoms with Crippen LogP contribution in [0.25, 0.3) is 65.9 Å². The van der Waals surface area contributed by atoms with Crippen LogP contribution in [0.4, 0.5) is 0 Å². The average molecular weight is 472 g/mol.